The van der Waals surface area contributed by atoms with Crippen LogP contribution in [0.4, 0.5) is 16.2 Å². The number of amides is 2. The number of halogens is 1. The second kappa shape index (κ2) is 9.43. The number of hydrogen-bond acceptors (Lipinski definition) is 4. The van der Waals surface area contributed by atoms with E-state index in [9.17, 15) is 4.79 Å². The number of benzene rings is 3. The van der Waals surface area contributed by atoms with E-state index in [4.69, 9.17) is 15.9 Å². The molecule has 0 saturated carbocycles. The summed E-state index contributed by atoms with van der Waals surface area (Å²) < 4.78 is 5.62. The van der Waals surface area contributed by atoms with E-state index in [1.54, 1.807) is 12.1 Å². The molecule has 7 heteroatoms. The molecule has 0 radical (unpaired) electrons. The Morgan fingerprint density at radius 3 is 2.57 bits per heavy atom. The van der Waals surface area contributed by atoms with Gasteiger partial charge in [-0.1, -0.05) is 54.6 Å². The van der Waals surface area contributed by atoms with Gasteiger partial charge >= 0.3 is 6.03 Å². The Morgan fingerprint density at radius 2 is 1.77 bits per heavy atom. The Balaban J connectivity index is 0.00000256. The number of ether oxygens (including phenoxy) is 1. The number of para-hydroxylation sites is 1. The van der Waals surface area contributed by atoms with E-state index in [2.05, 4.69) is 10.6 Å². The smallest absolute Gasteiger partial charge is 0.323 e. The molecule has 0 bridgehead atoms. The average molecular weight is 423 g/mol. The normalized spacial score (nSPS) is 12.7. The van der Waals surface area contributed by atoms with E-state index in [0.717, 1.165) is 28.9 Å². The summed E-state index contributed by atoms with van der Waals surface area (Å²) in [6, 6.07) is 21.4. The third-order valence-electron chi connectivity index (χ3n) is 4.86. The molecule has 0 spiro atoms. The summed E-state index contributed by atoms with van der Waals surface area (Å²) in [5.74, 6) is 0.731. The number of carbonyl (C=O) groups is 1. The minimum absolute atomic E-state index is 0. The van der Waals surface area contributed by atoms with Gasteiger partial charge < -0.3 is 26.5 Å². The first-order valence-electron chi connectivity index (χ1n) is 9.44. The van der Waals surface area contributed by atoms with Crippen molar-refractivity contribution in [3.63, 3.8) is 0 Å². The fourth-order valence-corrected chi connectivity index (χ4v) is 3.37. The number of nitrogens with two attached hydrogens (primary N) is 1. The van der Waals surface area contributed by atoms with E-state index < -0.39 is 6.04 Å². The molecule has 3 aromatic rings. The summed E-state index contributed by atoms with van der Waals surface area (Å²) in [6.07, 6.45) is 0.847. The predicted octanol–water partition coefficient (Wildman–Crippen LogP) is 4.76. The Labute approximate surface area is 181 Å². The van der Waals surface area contributed by atoms with Crippen molar-refractivity contribution in [2.45, 2.75) is 12.5 Å². The molecule has 3 aromatic carbocycles. The van der Waals surface area contributed by atoms with Gasteiger partial charge in [-0.05, 0) is 34.9 Å². The number of hydrogen-bond donors (Lipinski definition) is 4. The van der Waals surface area contributed by atoms with Gasteiger partial charge in [-0.15, -0.1) is 12.4 Å². The summed E-state index contributed by atoms with van der Waals surface area (Å²) >= 11 is 0. The van der Waals surface area contributed by atoms with Crippen molar-refractivity contribution < 1.29 is 9.53 Å². The SMILES string of the molecule is Cl.N=C(c1ccccc1)C(N)c1cccc(NC(=O)Nc2cccc3c2OCC3)c1. The zero-order valence-corrected chi connectivity index (χ0v) is 17.0. The molecule has 1 atom stereocenters. The first-order valence-corrected chi connectivity index (χ1v) is 9.44. The van der Waals surface area contributed by atoms with Gasteiger partial charge in [-0.3, -0.25) is 0 Å². The standard InChI is InChI=1S/C23H22N4O2.ClH/c24-20(15-6-2-1-3-7-15)21(25)17-9-4-10-18(14-17)26-23(28)27-19-11-5-8-16-12-13-29-22(16)19;/h1-11,14,21,24H,12-13,25H2,(H2,26,27,28);1H. The molecule has 1 aliphatic heterocycles. The van der Waals surface area contributed by atoms with Crippen LogP contribution in [0, 0.1) is 5.41 Å². The van der Waals surface area contributed by atoms with Crippen LogP contribution in [0.5, 0.6) is 5.75 Å². The van der Waals surface area contributed by atoms with Gasteiger partial charge in [-0.25, -0.2) is 4.79 Å². The lowest BCUT2D eigenvalue weighted by molar-refractivity contribution is 0.262. The lowest BCUT2D eigenvalue weighted by atomic mass is 9.97. The van der Waals surface area contributed by atoms with Crippen molar-refractivity contribution in [1.82, 2.24) is 0 Å². The van der Waals surface area contributed by atoms with Crippen LogP contribution >= 0.6 is 12.4 Å². The highest BCUT2D eigenvalue weighted by Crippen LogP contribution is 2.33. The van der Waals surface area contributed by atoms with Gasteiger partial charge in [0, 0.05) is 12.1 Å². The Bertz CT molecular complexity index is 1060. The molecule has 1 heterocycles. The number of carbonyl (C=O) groups excluding carboxylic acids is 1. The van der Waals surface area contributed by atoms with Crippen molar-refractivity contribution in [3.05, 3.63) is 89.5 Å². The zero-order valence-electron chi connectivity index (χ0n) is 16.2. The van der Waals surface area contributed by atoms with Crippen molar-refractivity contribution >= 4 is 35.5 Å². The molecule has 154 valence electrons. The third-order valence-corrected chi connectivity index (χ3v) is 4.86. The Kier molecular flexibility index (Phi) is 6.72. The van der Waals surface area contributed by atoms with Crippen molar-refractivity contribution in [2.24, 2.45) is 5.73 Å². The molecule has 2 amide bonds. The molecule has 1 unspecified atom stereocenters. The third kappa shape index (κ3) is 4.62. The van der Waals surface area contributed by atoms with Crippen LogP contribution < -0.4 is 21.1 Å². The summed E-state index contributed by atoms with van der Waals surface area (Å²) in [5.41, 5.74) is 10.5. The number of fused-ring (bicyclic) bond motifs is 1. The lowest BCUT2D eigenvalue weighted by Gasteiger charge is -2.16. The Morgan fingerprint density at radius 1 is 1.00 bits per heavy atom. The van der Waals surface area contributed by atoms with E-state index >= 15 is 0 Å². The van der Waals surface area contributed by atoms with Crippen LogP contribution in [-0.2, 0) is 6.42 Å². The van der Waals surface area contributed by atoms with Crippen LogP contribution in [-0.4, -0.2) is 18.3 Å². The molecule has 0 saturated heterocycles. The van der Waals surface area contributed by atoms with E-state index in [1.165, 1.54) is 0 Å². The highest BCUT2D eigenvalue weighted by atomic mass is 35.5. The van der Waals surface area contributed by atoms with Crippen LogP contribution in [0.1, 0.15) is 22.7 Å². The molecular formula is C23H23ClN4O2. The van der Waals surface area contributed by atoms with Gasteiger partial charge in [0.2, 0.25) is 0 Å². The summed E-state index contributed by atoms with van der Waals surface area (Å²) in [4.78, 5) is 12.5. The van der Waals surface area contributed by atoms with E-state index in [1.807, 2.05) is 60.7 Å². The van der Waals surface area contributed by atoms with Crippen LogP contribution in [0.25, 0.3) is 0 Å². The van der Waals surface area contributed by atoms with Crippen LogP contribution in [0.15, 0.2) is 72.8 Å². The number of nitrogens with one attached hydrogen (secondary N) is 3. The molecule has 0 fully saturated rings. The van der Waals surface area contributed by atoms with E-state index in [0.29, 0.717) is 23.7 Å². The predicted molar refractivity (Wildman–Crippen MR) is 122 cm³/mol. The second-order valence-corrected chi connectivity index (χ2v) is 6.85. The van der Waals surface area contributed by atoms with Crippen LogP contribution in [0.3, 0.4) is 0 Å². The van der Waals surface area contributed by atoms with Crippen molar-refractivity contribution in [1.29, 1.82) is 5.41 Å². The lowest BCUT2D eigenvalue weighted by Crippen LogP contribution is -2.23. The molecule has 1 aliphatic rings. The maximum Gasteiger partial charge on any atom is 0.323 e. The monoisotopic (exact) mass is 422 g/mol. The minimum Gasteiger partial charge on any atom is -0.491 e. The first kappa shape index (κ1) is 21.4. The summed E-state index contributed by atoms with van der Waals surface area (Å²) in [6.45, 7) is 0.628. The molecule has 5 N–H and O–H groups in total. The topological polar surface area (TPSA) is 100 Å². The Hall–Kier alpha value is -3.35. The summed E-state index contributed by atoms with van der Waals surface area (Å²) in [7, 11) is 0. The first-order chi connectivity index (χ1) is 14.1. The van der Waals surface area contributed by atoms with Gasteiger partial charge in [0.05, 0.1) is 24.0 Å². The summed E-state index contributed by atoms with van der Waals surface area (Å²) in [5, 5.41) is 14.0. The molecule has 0 aromatic heterocycles. The zero-order chi connectivity index (χ0) is 20.2. The number of rotatable bonds is 5. The van der Waals surface area contributed by atoms with E-state index in [-0.39, 0.29) is 18.4 Å². The number of anilines is 2. The van der Waals surface area contributed by atoms with Gasteiger partial charge in [0.1, 0.15) is 5.75 Å². The highest BCUT2D eigenvalue weighted by Gasteiger charge is 2.18. The van der Waals surface area contributed by atoms with Gasteiger partial charge in [-0.2, -0.15) is 0 Å². The highest BCUT2D eigenvalue weighted by molar-refractivity contribution is 6.03. The molecule has 0 aliphatic carbocycles. The molecule has 4 rings (SSSR count). The van der Waals surface area contributed by atoms with Crippen LogP contribution in [0.2, 0.25) is 0 Å². The average Bonchev–Trinajstić information content (AvgIpc) is 3.23. The minimum atomic E-state index is -0.590. The second-order valence-electron chi connectivity index (χ2n) is 6.85. The molecule has 30 heavy (non-hydrogen) atoms. The quantitative estimate of drug-likeness (QED) is 0.446. The van der Waals surface area contributed by atoms with Crippen molar-refractivity contribution in [3.8, 4) is 5.75 Å². The van der Waals surface area contributed by atoms with Gasteiger partial charge in [0.15, 0.2) is 0 Å². The van der Waals surface area contributed by atoms with Crippen molar-refractivity contribution in [2.75, 3.05) is 17.2 Å². The largest absolute Gasteiger partial charge is 0.491 e. The molecule has 6 nitrogen and oxygen atoms in total. The maximum atomic E-state index is 12.5. The number of urea groups is 1. The fourth-order valence-electron chi connectivity index (χ4n) is 3.37. The maximum absolute atomic E-state index is 12.5. The van der Waals surface area contributed by atoms with Gasteiger partial charge in [0.25, 0.3) is 0 Å². The fraction of sp³-hybridized carbons (Fsp3) is 0.130. The molecular weight excluding hydrogens is 400 g/mol.